The van der Waals surface area contributed by atoms with E-state index in [0.29, 0.717) is 5.25 Å². The quantitative estimate of drug-likeness (QED) is 0.817. The molecular formula is C11H19NOS. The number of rotatable bonds is 5. The lowest BCUT2D eigenvalue weighted by atomic mass is 10.2. The minimum Gasteiger partial charge on any atom is -0.468 e. The zero-order valence-electron chi connectivity index (χ0n) is 9.12. The van der Waals surface area contributed by atoms with Gasteiger partial charge in [0.15, 0.2) is 0 Å². The van der Waals surface area contributed by atoms with E-state index < -0.39 is 0 Å². The predicted octanol–water partition coefficient (Wildman–Crippen LogP) is 2.95. The first-order valence-electron chi connectivity index (χ1n) is 5.05. The summed E-state index contributed by atoms with van der Waals surface area (Å²) < 4.78 is 5.38. The summed E-state index contributed by atoms with van der Waals surface area (Å²) in [6.45, 7) is 6.32. The first-order chi connectivity index (χ1) is 6.65. The van der Waals surface area contributed by atoms with Crippen molar-refractivity contribution in [2.75, 3.05) is 0 Å². The number of nitrogens with two attached hydrogens (primary N) is 1. The first kappa shape index (κ1) is 11.7. The van der Waals surface area contributed by atoms with E-state index in [1.807, 2.05) is 17.8 Å². The molecule has 80 valence electrons. The fraction of sp³-hybridized carbons (Fsp3) is 0.636. The first-order valence-corrected chi connectivity index (χ1v) is 6.10. The summed E-state index contributed by atoms with van der Waals surface area (Å²) in [4.78, 5) is 0. The molecule has 0 saturated carbocycles. The largest absolute Gasteiger partial charge is 0.468 e. The van der Waals surface area contributed by atoms with Gasteiger partial charge in [0.25, 0.3) is 0 Å². The van der Waals surface area contributed by atoms with Crippen molar-refractivity contribution in [1.82, 2.24) is 0 Å². The normalized spacial score (nSPS) is 15.4. The second-order valence-corrected chi connectivity index (χ2v) is 4.87. The number of hydrogen-bond donors (Lipinski definition) is 1. The fourth-order valence-corrected chi connectivity index (χ4v) is 2.58. The lowest BCUT2D eigenvalue weighted by Gasteiger charge is -2.17. The SMILES string of the molecule is CCC(SCc1occc1C)C(C)N. The van der Waals surface area contributed by atoms with Gasteiger partial charge in [-0.1, -0.05) is 6.92 Å². The molecule has 0 spiro atoms. The third-order valence-corrected chi connectivity index (χ3v) is 4.01. The molecule has 0 aliphatic heterocycles. The van der Waals surface area contributed by atoms with E-state index in [4.69, 9.17) is 10.2 Å². The van der Waals surface area contributed by atoms with E-state index in [1.165, 1.54) is 5.56 Å². The van der Waals surface area contributed by atoms with E-state index in [-0.39, 0.29) is 6.04 Å². The van der Waals surface area contributed by atoms with Gasteiger partial charge in [0.2, 0.25) is 0 Å². The molecule has 2 atom stereocenters. The Kier molecular flexibility index (Phi) is 4.55. The van der Waals surface area contributed by atoms with Crippen LogP contribution in [0.4, 0.5) is 0 Å². The fourth-order valence-electron chi connectivity index (χ4n) is 1.38. The lowest BCUT2D eigenvalue weighted by Crippen LogP contribution is -2.28. The van der Waals surface area contributed by atoms with Crippen molar-refractivity contribution < 1.29 is 4.42 Å². The van der Waals surface area contributed by atoms with Crippen LogP contribution in [0.3, 0.4) is 0 Å². The minimum atomic E-state index is 0.250. The summed E-state index contributed by atoms with van der Waals surface area (Å²) in [7, 11) is 0. The van der Waals surface area contributed by atoms with E-state index in [9.17, 15) is 0 Å². The molecule has 2 N–H and O–H groups in total. The van der Waals surface area contributed by atoms with Crippen LogP contribution in [-0.4, -0.2) is 11.3 Å². The van der Waals surface area contributed by atoms with Crippen molar-refractivity contribution in [1.29, 1.82) is 0 Å². The Morgan fingerprint density at radius 2 is 2.29 bits per heavy atom. The van der Waals surface area contributed by atoms with Gasteiger partial charge >= 0.3 is 0 Å². The Hall–Kier alpha value is -0.410. The molecule has 2 nitrogen and oxygen atoms in total. The van der Waals surface area contributed by atoms with E-state index in [2.05, 4.69) is 20.8 Å². The number of thioether (sulfide) groups is 1. The van der Waals surface area contributed by atoms with Crippen LogP contribution in [0.1, 0.15) is 31.6 Å². The summed E-state index contributed by atoms with van der Waals surface area (Å²) in [6.07, 6.45) is 2.86. The van der Waals surface area contributed by atoms with Crippen LogP contribution in [-0.2, 0) is 5.75 Å². The average Bonchev–Trinajstić information content (AvgIpc) is 2.52. The Morgan fingerprint density at radius 3 is 2.71 bits per heavy atom. The summed E-state index contributed by atoms with van der Waals surface area (Å²) >= 11 is 1.88. The van der Waals surface area contributed by atoms with Crippen LogP contribution in [0.15, 0.2) is 16.7 Å². The van der Waals surface area contributed by atoms with Gasteiger partial charge in [-0.2, -0.15) is 0 Å². The molecule has 0 radical (unpaired) electrons. The van der Waals surface area contributed by atoms with Gasteiger partial charge in [-0.05, 0) is 31.9 Å². The Morgan fingerprint density at radius 1 is 1.57 bits per heavy atom. The van der Waals surface area contributed by atoms with Crippen LogP contribution in [0.5, 0.6) is 0 Å². The van der Waals surface area contributed by atoms with Gasteiger partial charge < -0.3 is 10.2 Å². The molecule has 3 heteroatoms. The molecule has 0 aliphatic rings. The molecule has 1 aromatic heterocycles. The van der Waals surface area contributed by atoms with Crippen molar-refractivity contribution in [2.45, 2.75) is 44.2 Å². The van der Waals surface area contributed by atoms with E-state index >= 15 is 0 Å². The molecule has 0 bridgehead atoms. The molecule has 14 heavy (non-hydrogen) atoms. The van der Waals surface area contributed by atoms with Crippen LogP contribution in [0.2, 0.25) is 0 Å². The van der Waals surface area contributed by atoms with Crippen molar-refractivity contribution in [3.8, 4) is 0 Å². The average molecular weight is 213 g/mol. The third kappa shape index (κ3) is 3.07. The Bertz CT molecular complexity index is 270. The number of aryl methyl sites for hydroxylation is 1. The van der Waals surface area contributed by atoms with Crippen molar-refractivity contribution >= 4 is 11.8 Å². The summed E-state index contributed by atoms with van der Waals surface area (Å²) in [5.41, 5.74) is 7.11. The van der Waals surface area contributed by atoms with Gasteiger partial charge in [0.1, 0.15) is 5.76 Å². The zero-order valence-corrected chi connectivity index (χ0v) is 9.93. The highest BCUT2D eigenvalue weighted by Crippen LogP contribution is 2.24. The maximum atomic E-state index is 5.87. The number of hydrogen-bond acceptors (Lipinski definition) is 3. The van der Waals surface area contributed by atoms with Gasteiger partial charge in [-0.25, -0.2) is 0 Å². The molecule has 0 aromatic carbocycles. The van der Waals surface area contributed by atoms with E-state index in [0.717, 1.165) is 17.9 Å². The monoisotopic (exact) mass is 213 g/mol. The second kappa shape index (κ2) is 5.47. The second-order valence-electron chi connectivity index (χ2n) is 3.64. The van der Waals surface area contributed by atoms with Gasteiger partial charge in [0.05, 0.1) is 12.0 Å². The van der Waals surface area contributed by atoms with Crippen LogP contribution in [0, 0.1) is 6.92 Å². The molecule has 0 aliphatic carbocycles. The van der Waals surface area contributed by atoms with Crippen LogP contribution in [0.25, 0.3) is 0 Å². The molecule has 1 aromatic rings. The predicted molar refractivity (Wildman–Crippen MR) is 62.5 cm³/mol. The molecule has 1 heterocycles. The van der Waals surface area contributed by atoms with Crippen molar-refractivity contribution in [2.24, 2.45) is 5.73 Å². The topological polar surface area (TPSA) is 39.2 Å². The van der Waals surface area contributed by atoms with E-state index in [1.54, 1.807) is 6.26 Å². The minimum absolute atomic E-state index is 0.250. The molecule has 2 unspecified atom stereocenters. The molecule has 1 rings (SSSR count). The molecule has 0 saturated heterocycles. The lowest BCUT2D eigenvalue weighted by molar-refractivity contribution is 0.527. The standard InChI is InChI=1S/C11H19NOS/c1-4-11(9(3)12)14-7-10-8(2)5-6-13-10/h5-6,9,11H,4,7,12H2,1-3H3. The highest BCUT2D eigenvalue weighted by Gasteiger charge is 2.13. The van der Waals surface area contributed by atoms with Crippen LogP contribution < -0.4 is 5.73 Å². The van der Waals surface area contributed by atoms with Gasteiger partial charge in [-0.15, -0.1) is 11.8 Å². The van der Waals surface area contributed by atoms with Crippen molar-refractivity contribution in [3.63, 3.8) is 0 Å². The summed E-state index contributed by atoms with van der Waals surface area (Å²) in [6, 6.07) is 2.25. The van der Waals surface area contributed by atoms with Gasteiger partial charge in [0, 0.05) is 11.3 Å². The highest BCUT2D eigenvalue weighted by atomic mass is 32.2. The molecular weight excluding hydrogens is 194 g/mol. The summed E-state index contributed by atoms with van der Waals surface area (Å²) in [5, 5.41) is 0.527. The molecule has 0 amide bonds. The zero-order chi connectivity index (χ0) is 10.6. The highest BCUT2D eigenvalue weighted by molar-refractivity contribution is 7.99. The van der Waals surface area contributed by atoms with Gasteiger partial charge in [-0.3, -0.25) is 0 Å². The van der Waals surface area contributed by atoms with Crippen LogP contribution >= 0.6 is 11.8 Å². The number of furan rings is 1. The maximum Gasteiger partial charge on any atom is 0.116 e. The maximum absolute atomic E-state index is 5.87. The van der Waals surface area contributed by atoms with Crippen molar-refractivity contribution in [3.05, 3.63) is 23.7 Å². The third-order valence-electron chi connectivity index (χ3n) is 2.39. The Labute approximate surface area is 90.2 Å². The summed E-state index contributed by atoms with van der Waals surface area (Å²) in [5.74, 6) is 2.01. The molecule has 0 fully saturated rings. The Balaban J connectivity index is 2.43. The smallest absolute Gasteiger partial charge is 0.116 e.